The van der Waals surface area contributed by atoms with E-state index >= 15 is 0 Å². The van der Waals surface area contributed by atoms with Gasteiger partial charge < -0.3 is 26.0 Å². The van der Waals surface area contributed by atoms with Crippen molar-refractivity contribution in [2.45, 2.75) is 17.8 Å². The van der Waals surface area contributed by atoms with Crippen molar-refractivity contribution in [3.63, 3.8) is 0 Å². The van der Waals surface area contributed by atoms with Crippen molar-refractivity contribution in [1.29, 1.82) is 5.26 Å². The molecule has 2 aromatic heterocycles. The van der Waals surface area contributed by atoms with Crippen LogP contribution in [0.15, 0.2) is 53.0 Å². The zero-order valence-corrected chi connectivity index (χ0v) is 23.4. The number of hydrogen-bond donors (Lipinski definition) is 5. The first-order chi connectivity index (χ1) is 20.7. The number of carboxylic acids is 1. The Bertz CT molecular complexity index is 1710. The highest BCUT2D eigenvalue weighted by molar-refractivity contribution is 8.00. The molecule has 1 saturated heterocycles. The van der Waals surface area contributed by atoms with Crippen LogP contribution in [-0.4, -0.2) is 77.8 Å². The van der Waals surface area contributed by atoms with E-state index in [2.05, 4.69) is 29.7 Å². The van der Waals surface area contributed by atoms with E-state index in [1.165, 1.54) is 11.8 Å². The summed E-state index contributed by atoms with van der Waals surface area (Å²) in [5, 5.41) is 25.9. The summed E-state index contributed by atoms with van der Waals surface area (Å²) in [5.74, 6) is -3.35. The maximum Gasteiger partial charge on any atom is 0.352 e. The van der Waals surface area contributed by atoms with Crippen LogP contribution in [0.1, 0.15) is 21.9 Å². The largest absolute Gasteiger partial charge is 0.477 e. The lowest BCUT2D eigenvalue weighted by Crippen LogP contribution is -2.71. The van der Waals surface area contributed by atoms with Gasteiger partial charge in [-0.15, -0.1) is 11.8 Å². The third-order valence-electron chi connectivity index (χ3n) is 6.41. The molecule has 15 nitrogen and oxygen atoms in total. The van der Waals surface area contributed by atoms with Gasteiger partial charge in [0.05, 0.1) is 0 Å². The van der Waals surface area contributed by atoms with Gasteiger partial charge >= 0.3 is 5.97 Å². The average Bonchev–Trinajstić information content (AvgIpc) is 3.66. The molecule has 43 heavy (non-hydrogen) atoms. The molecule has 1 aromatic carbocycles. The Hall–Kier alpha value is -5.28. The van der Waals surface area contributed by atoms with Gasteiger partial charge in [0.25, 0.3) is 24.6 Å². The van der Waals surface area contributed by atoms with Crippen molar-refractivity contribution in [2.24, 2.45) is 5.16 Å². The number of nitrogens with zero attached hydrogens (tertiary/aromatic N) is 5. The molecule has 18 heteroatoms. The number of rotatable bonds is 10. The van der Waals surface area contributed by atoms with E-state index < -0.39 is 47.7 Å². The van der Waals surface area contributed by atoms with E-state index in [4.69, 9.17) is 11.0 Å². The molecular formula is C25H20FN9O6S2. The predicted octanol–water partition coefficient (Wildman–Crippen LogP) is 0.955. The number of nitrogens with one attached hydrogen (secondary N) is 3. The molecule has 0 bridgehead atoms. The maximum absolute atomic E-state index is 13.1. The normalized spacial score (nSPS) is 17.9. The number of anilines is 1. The second-order valence-electron chi connectivity index (χ2n) is 8.99. The zero-order chi connectivity index (χ0) is 30.7. The van der Waals surface area contributed by atoms with Crippen molar-refractivity contribution in [3.05, 3.63) is 64.9 Å². The number of nitrogens with two attached hydrogens (primary N) is 1. The topological polar surface area (TPSA) is 229 Å². The standard InChI is InChI=1S/C25H20FN9O6S2/c26-9-41-33-16(19-32-25(28)43-34-19)21(37)31-17-22(38)35-18(24(39)40)14(8-42-23(17)35)5-11-1-3-12(4-2-11)13-6-15(29-7-13)20(36)30-10-27/h1-4,6-7,17,23,29H,5,8-9H2,(H,30,36)(H,31,37)(H,39,40)(H2,28,32,34)/b33-16-. The van der Waals surface area contributed by atoms with Crippen LogP contribution in [0, 0.1) is 11.5 Å². The molecule has 1 fully saturated rings. The minimum absolute atomic E-state index is 0.0301. The Kier molecular flexibility index (Phi) is 8.36. The second-order valence-corrected chi connectivity index (χ2v) is 10.9. The summed E-state index contributed by atoms with van der Waals surface area (Å²) in [6, 6.07) is 7.74. The van der Waals surface area contributed by atoms with Crippen LogP contribution in [0.25, 0.3) is 11.1 Å². The number of H-pyrrole nitrogens is 1. The van der Waals surface area contributed by atoms with Gasteiger partial charge in [-0.2, -0.15) is 14.6 Å². The lowest BCUT2D eigenvalue weighted by atomic mass is 9.97. The maximum atomic E-state index is 13.1. The fraction of sp³-hybridized carbons (Fsp3) is 0.200. The number of halogens is 1. The second kappa shape index (κ2) is 12.3. The molecule has 3 amide bonds. The van der Waals surface area contributed by atoms with Gasteiger partial charge in [-0.05, 0) is 34.8 Å². The number of nitrogen functional groups attached to an aromatic ring is 1. The Morgan fingerprint density at radius 3 is 2.72 bits per heavy atom. The van der Waals surface area contributed by atoms with Gasteiger partial charge in [-0.3, -0.25) is 24.6 Å². The number of aromatic amines is 1. The molecule has 0 saturated carbocycles. The molecular weight excluding hydrogens is 605 g/mol. The van der Waals surface area contributed by atoms with Crippen molar-refractivity contribution < 1.29 is 33.5 Å². The number of benzene rings is 1. The number of β-lactam (4-membered cyclic amide) rings is 1. The molecule has 2 atom stereocenters. The van der Waals surface area contributed by atoms with Crippen LogP contribution < -0.4 is 16.4 Å². The van der Waals surface area contributed by atoms with E-state index in [9.17, 15) is 28.7 Å². The highest BCUT2D eigenvalue weighted by Gasteiger charge is 2.54. The fourth-order valence-corrected chi connectivity index (χ4v) is 6.29. The van der Waals surface area contributed by atoms with Gasteiger partial charge in [0.2, 0.25) is 11.5 Å². The number of amides is 3. The third-order valence-corrected chi connectivity index (χ3v) is 8.29. The summed E-state index contributed by atoms with van der Waals surface area (Å²) < 4.78 is 16.4. The Balaban J connectivity index is 1.29. The first-order valence-electron chi connectivity index (χ1n) is 12.2. The number of alkyl halides is 1. The summed E-state index contributed by atoms with van der Waals surface area (Å²) in [6.07, 6.45) is 3.45. The van der Waals surface area contributed by atoms with E-state index in [1.54, 1.807) is 42.7 Å². The first-order valence-corrected chi connectivity index (χ1v) is 14.1. The monoisotopic (exact) mass is 625 g/mol. The van der Waals surface area contributed by atoms with Crippen LogP contribution in [0.2, 0.25) is 0 Å². The molecule has 3 aromatic rings. The van der Waals surface area contributed by atoms with Crippen molar-refractivity contribution in [3.8, 4) is 17.3 Å². The molecule has 5 rings (SSSR count). The Labute approximate surface area is 249 Å². The summed E-state index contributed by atoms with van der Waals surface area (Å²) in [4.78, 5) is 62.2. The third kappa shape index (κ3) is 5.89. The molecule has 2 aliphatic heterocycles. The number of carbonyl (C=O) groups excluding carboxylic acids is 3. The highest BCUT2D eigenvalue weighted by Crippen LogP contribution is 2.41. The zero-order valence-electron chi connectivity index (χ0n) is 21.7. The minimum atomic E-state index is -1.32. The van der Waals surface area contributed by atoms with Gasteiger partial charge in [0.1, 0.15) is 22.8 Å². The molecule has 6 N–H and O–H groups in total. The van der Waals surface area contributed by atoms with Gasteiger partial charge in [0.15, 0.2) is 11.3 Å². The van der Waals surface area contributed by atoms with Crippen molar-refractivity contribution >= 4 is 57.8 Å². The highest BCUT2D eigenvalue weighted by atomic mass is 32.2. The summed E-state index contributed by atoms with van der Waals surface area (Å²) >= 11 is 2.06. The van der Waals surface area contributed by atoms with Crippen molar-refractivity contribution in [1.82, 2.24) is 29.9 Å². The number of fused-ring (bicyclic) bond motifs is 1. The van der Waals surface area contributed by atoms with Crippen LogP contribution in [-0.2, 0) is 25.6 Å². The fourth-order valence-electron chi connectivity index (χ4n) is 4.50. The average molecular weight is 626 g/mol. The minimum Gasteiger partial charge on any atom is -0.477 e. The molecule has 2 unspecified atom stereocenters. The number of aromatic nitrogens is 3. The number of nitriles is 1. The van der Waals surface area contributed by atoms with E-state index in [-0.39, 0.29) is 34.5 Å². The van der Waals surface area contributed by atoms with Gasteiger partial charge in [-0.25, -0.2) is 9.18 Å². The lowest BCUT2D eigenvalue weighted by molar-refractivity contribution is -0.150. The molecule has 4 heterocycles. The number of thioether (sulfide) groups is 1. The molecule has 0 spiro atoms. The number of oxime groups is 1. The Morgan fingerprint density at radius 1 is 1.30 bits per heavy atom. The van der Waals surface area contributed by atoms with Gasteiger partial charge in [-0.1, -0.05) is 29.4 Å². The summed E-state index contributed by atoms with van der Waals surface area (Å²) in [7, 11) is 0. The van der Waals surface area contributed by atoms with Crippen LogP contribution in [0.3, 0.4) is 0 Å². The summed E-state index contributed by atoms with van der Waals surface area (Å²) in [6.45, 7) is -1.32. The number of aliphatic carboxylic acids is 1. The quantitative estimate of drug-likeness (QED) is 0.0700. The lowest BCUT2D eigenvalue weighted by Gasteiger charge is -2.49. The van der Waals surface area contributed by atoms with Gasteiger partial charge in [0, 0.05) is 23.5 Å². The SMILES string of the molecule is N#CNC(=O)c1cc(-c2ccc(CC3=C(C(=O)O)N4C(=O)C(NC(=O)/C(=N\OCF)c5nsc(N)n5)C4SC3)cc2)c[nH]1. The van der Waals surface area contributed by atoms with Crippen molar-refractivity contribution in [2.75, 3.05) is 18.3 Å². The smallest absolute Gasteiger partial charge is 0.352 e. The Morgan fingerprint density at radius 2 is 2.07 bits per heavy atom. The number of carbonyl (C=O) groups is 4. The molecule has 0 radical (unpaired) electrons. The number of hydrogen-bond acceptors (Lipinski definition) is 12. The first kappa shape index (κ1) is 29.2. The van der Waals surface area contributed by atoms with Crippen LogP contribution >= 0.6 is 23.3 Å². The van der Waals surface area contributed by atoms with E-state index in [1.807, 2.05) is 5.32 Å². The predicted molar refractivity (Wildman–Crippen MR) is 151 cm³/mol. The summed E-state index contributed by atoms with van der Waals surface area (Å²) in [5.41, 5.74) is 7.93. The number of carboxylic acid groups (broad SMARTS) is 1. The van der Waals surface area contributed by atoms with E-state index in [0.29, 0.717) is 11.1 Å². The molecule has 2 aliphatic rings. The van der Waals surface area contributed by atoms with Crippen LogP contribution in [0.5, 0.6) is 0 Å². The molecule has 0 aliphatic carbocycles. The van der Waals surface area contributed by atoms with Crippen LogP contribution in [0.4, 0.5) is 9.52 Å². The molecule has 220 valence electrons. The van der Waals surface area contributed by atoms with E-state index in [0.717, 1.165) is 27.6 Å².